The van der Waals surface area contributed by atoms with E-state index in [0.29, 0.717) is 40.6 Å². The van der Waals surface area contributed by atoms with Gasteiger partial charge < -0.3 is 25.2 Å². The highest BCUT2D eigenvalue weighted by atomic mass is 16.3. The van der Waals surface area contributed by atoms with Crippen molar-refractivity contribution >= 4 is 39.3 Å². The number of pyridine rings is 1. The number of fused-ring (bicyclic) bond motifs is 4. The first kappa shape index (κ1) is 25.5. The smallest absolute Gasteiger partial charge is 0.278 e. The Balaban J connectivity index is 1.34. The molecule has 11 nitrogen and oxygen atoms in total. The first-order valence-corrected chi connectivity index (χ1v) is 13.9. The minimum absolute atomic E-state index is 0.243. The zero-order chi connectivity index (χ0) is 28.5. The Morgan fingerprint density at radius 1 is 1.22 bits per heavy atom. The zero-order valence-corrected chi connectivity index (χ0v) is 23.4. The lowest BCUT2D eigenvalue weighted by Gasteiger charge is -2.30. The topological polar surface area (TPSA) is 118 Å². The first-order chi connectivity index (χ1) is 19.7. The summed E-state index contributed by atoms with van der Waals surface area (Å²) in [5.74, 6) is 0.832. The van der Waals surface area contributed by atoms with Gasteiger partial charge in [0, 0.05) is 61.4 Å². The average Bonchev–Trinajstić information content (AvgIpc) is 3.73. The van der Waals surface area contributed by atoms with Crippen LogP contribution in [0.2, 0.25) is 0 Å². The van der Waals surface area contributed by atoms with Gasteiger partial charge in [-0.25, -0.2) is 19.3 Å². The van der Waals surface area contributed by atoms with Crippen molar-refractivity contribution in [3.05, 3.63) is 77.5 Å². The second kappa shape index (κ2) is 9.28. The lowest BCUT2D eigenvalue weighted by Crippen LogP contribution is -2.43. The number of aliphatic hydroxyl groups is 1. The van der Waals surface area contributed by atoms with Crippen molar-refractivity contribution in [1.29, 1.82) is 0 Å². The maximum Gasteiger partial charge on any atom is 0.278 e. The van der Waals surface area contributed by atoms with Crippen LogP contribution in [0.1, 0.15) is 26.0 Å². The number of aryl methyl sites for hydroxylation is 1. The molecule has 0 radical (unpaired) electrons. The fraction of sp³-hybridized carbons (Fsp3) is 0.333. The van der Waals surface area contributed by atoms with Crippen LogP contribution in [-0.4, -0.2) is 59.2 Å². The molecule has 7 rings (SSSR count). The van der Waals surface area contributed by atoms with Crippen molar-refractivity contribution in [3.8, 4) is 5.82 Å². The standard InChI is InChI=1S/C30H33N9O2/c1-5-10-38-28(40)22-16-32-29(35-27(22)39(38)26-8-6-7-25(34-26)30(2,3)41)33-18-13-23-21(9-11-36(23)4)24(14-18)37-17-19-12-20(37)15-31-19/h5-9,11,13-14,16,19-20,31,41H,1,10,12,15,17H2,2-4H3,(H,32,33,35)/t19-,20-/m1/s1. The van der Waals surface area contributed by atoms with Gasteiger partial charge in [-0.2, -0.15) is 4.98 Å². The molecule has 4 aromatic heterocycles. The van der Waals surface area contributed by atoms with Gasteiger partial charge in [0.1, 0.15) is 11.0 Å². The van der Waals surface area contributed by atoms with Crippen LogP contribution in [0, 0.1) is 0 Å². The highest BCUT2D eigenvalue weighted by Crippen LogP contribution is 2.37. The molecule has 0 unspecified atom stereocenters. The minimum Gasteiger partial charge on any atom is -0.384 e. The van der Waals surface area contributed by atoms with E-state index in [1.807, 2.05) is 13.1 Å². The Kier molecular flexibility index (Phi) is 5.77. The van der Waals surface area contributed by atoms with Gasteiger partial charge >= 0.3 is 0 Å². The summed E-state index contributed by atoms with van der Waals surface area (Å²) in [5.41, 5.74) is 2.68. The fourth-order valence-corrected chi connectivity index (χ4v) is 6.14. The van der Waals surface area contributed by atoms with E-state index in [2.05, 4.69) is 61.0 Å². The van der Waals surface area contributed by atoms with Crippen molar-refractivity contribution < 1.29 is 5.11 Å². The molecule has 2 aliphatic rings. The number of nitrogens with zero attached hydrogens (tertiary/aromatic N) is 7. The molecule has 41 heavy (non-hydrogen) atoms. The van der Waals surface area contributed by atoms with Crippen LogP contribution in [-0.2, 0) is 19.2 Å². The summed E-state index contributed by atoms with van der Waals surface area (Å²) in [5, 5.41) is 19.2. The second-order valence-electron chi connectivity index (χ2n) is 11.5. The number of hydrogen-bond acceptors (Lipinski definition) is 8. The van der Waals surface area contributed by atoms with Gasteiger partial charge in [-0.3, -0.25) is 4.79 Å². The van der Waals surface area contributed by atoms with Crippen molar-refractivity contribution in [2.75, 3.05) is 23.3 Å². The molecule has 11 heteroatoms. The monoisotopic (exact) mass is 551 g/mol. The van der Waals surface area contributed by atoms with E-state index in [9.17, 15) is 9.90 Å². The number of benzene rings is 1. The van der Waals surface area contributed by atoms with Crippen molar-refractivity contribution in [3.63, 3.8) is 0 Å². The molecule has 2 aliphatic heterocycles. The van der Waals surface area contributed by atoms with E-state index in [4.69, 9.17) is 4.98 Å². The number of nitrogens with one attached hydrogen (secondary N) is 2. The predicted molar refractivity (Wildman–Crippen MR) is 160 cm³/mol. The van der Waals surface area contributed by atoms with Crippen LogP contribution in [0.25, 0.3) is 27.8 Å². The molecule has 0 saturated carbocycles. The van der Waals surface area contributed by atoms with Crippen molar-refractivity contribution in [2.45, 2.75) is 44.5 Å². The summed E-state index contributed by atoms with van der Waals surface area (Å²) in [6.45, 7) is 9.42. The van der Waals surface area contributed by atoms with Gasteiger partial charge in [0.25, 0.3) is 5.56 Å². The van der Waals surface area contributed by atoms with E-state index in [-0.39, 0.29) is 12.1 Å². The van der Waals surface area contributed by atoms with Gasteiger partial charge in [-0.05, 0) is 50.6 Å². The minimum atomic E-state index is -1.15. The molecule has 6 heterocycles. The molecule has 210 valence electrons. The van der Waals surface area contributed by atoms with Gasteiger partial charge in [0.05, 0.1) is 17.8 Å². The largest absolute Gasteiger partial charge is 0.384 e. The highest BCUT2D eigenvalue weighted by Gasteiger charge is 2.38. The molecule has 0 amide bonds. The maximum absolute atomic E-state index is 13.4. The molecule has 2 atom stereocenters. The Bertz CT molecular complexity index is 1880. The van der Waals surface area contributed by atoms with Crippen LogP contribution in [0.3, 0.4) is 0 Å². The molecule has 2 bridgehead atoms. The van der Waals surface area contributed by atoms with Gasteiger partial charge in [-0.1, -0.05) is 12.1 Å². The van der Waals surface area contributed by atoms with E-state index in [1.54, 1.807) is 42.9 Å². The fourth-order valence-electron chi connectivity index (χ4n) is 6.14. The van der Waals surface area contributed by atoms with Crippen LogP contribution < -0.4 is 21.1 Å². The first-order valence-electron chi connectivity index (χ1n) is 13.9. The lowest BCUT2D eigenvalue weighted by molar-refractivity contribution is 0.0738. The molecule has 0 aliphatic carbocycles. The summed E-state index contributed by atoms with van der Waals surface area (Å²) in [6, 6.07) is 12.8. The number of allylic oxidation sites excluding steroid dienone is 1. The highest BCUT2D eigenvalue weighted by molar-refractivity contribution is 5.97. The number of anilines is 3. The average molecular weight is 552 g/mol. The molecule has 0 spiro atoms. The molecular weight excluding hydrogens is 518 g/mol. The Morgan fingerprint density at radius 3 is 2.80 bits per heavy atom. The molecule has 2 fully saturated rings. The van der Waals surface area contributed by atoms with Crippen LogP contribution in [0.5, 0.6) is 0 Å². The van der Waals surface area contributed by atoms with E-state index in [1.165, 1.54) is 15.8 Å². The summed E-state index contributed by atoms with van der Waals surface area (Å²) >= 11 is 0. The van der Waals surface area contributed by atoms with Gasteiger partial charge in [-0.15, -0.1) is 6.58 Å². The summed E-state index contributed by atoms with van der Waals surface area (Å²) in [6.07, 6.45) is 6.45. The molecule has 2 saturated heterocycles. The Labute approximate surface area is 236 Å². The molecule has 1 aromatic carbocycles. The molecule has 5 aromatic rings. The second-order valence-corrected chi connectivity index (χ2v) is 11.5. The molecule has 3 N–H and O–H groups in total. The zero-order valence-electron chi connectivity index (χ0n) is 23.4. The van der Waals surface area contributed by atoms with Crippen LogP contribution >= 0.6 is 0 Å². The van der Waals surface area contributed by atoms with E-state index >= 15 is 0 Å². The van der Waals surface area contributed by atoms with Crippen LogP contribution in [0.4, 0.5) is 17.3 Å². The normalized spacial score (nSPS) is 18.6. The summed E-state index contributed by atoms with van der Waals surface area (Å²) in [4.78, 5) is 29.9. The van der Waals surface area contributed by atoms with E-state index in [0.717, 1.165) is 30.7 Å². The number of aromatic nitrogens is 6. The summed E-state index contributed by atoms with van der Waals surface area (Å²) < 4.78 is 5.31. The number of piperazine rings is 1. The van der Waals surface area contributed by atoms with E-state index < -0.39 is 5.60 Å². The quantitative estimate of drug-likeness (QED) is 0.264. The third-order valence-electron chi connectivity index (χ3n) is 8.16. The Hall–Kier alpha value is -4.48. The number of rotatable bonds is 7. The third-order valence-corrected chi connectivity index (χ3v) is 8.16. The predicted octanol–water partition coefficient (Wildman–Crippen LogP) is 3.18. The lowest BCUT2D eigenvalue weighted by atomic mass is 10.1. The van der Waals surface area contributed by atoms with Crippen molar-refractivity contribution in [1.82, 2.24) is 34.2 Å². The summed E-state index contributed by atoms with van der Waals surface area (Å²) in [7, 11) is 2.05. The third kappa shape index (κ3) is 4.20. The van der Waals surface area contributed by atoms with Gasteiger partial charge in [0.2, 0.25) is 5.95 Å². The van der Waals surface area contributed by atoms with Crippen molar-refractivity contribution in [2.24, 2.45) is 7.05 Å². The SMILES string of the molecule is C=CCn1c(=O)c2cnc(Nc3cc(N4C[C@H]5C[C@@H]4CN5)c4ccn(C)c4c3)nc2n1-c1cccc(C(C)(C)O)n1. The maximum atomic E-state index is 13.4. The number of hydrogen-bond donors (Lipinski definition) is 3. The van der Waals surface area contributed by atoms with Gasteiger partial charge in [0.15, 0.2) is 11.5 Å². The van der Waals surface area contributed by atoms with Crippen LogP contribution in [0.15, 0.2) is 66.2 Å². The Morgan fingerprint density at radius 2 is 2.07 bits per heavy atom. The molecular formula is C30H33N9O2.